The largest absolute Gasteiger partial charge is 0.350 e. The second kappa shape index (κ2) is 8.32. The Bertz CT molecular complexity index is 430. The summed E-state index contributed by atoms with van der Waals surface area (Å²) in [5.74, 6) is 1.15. The maximum atomic E-state index is 12.4. The van der Waals surface area contributed by atoms with Crippen LogP contribution in [-0.2, 0) is 9.59 Å². The molecule has 0 aromatic rings. The lowest BCUT2D eigenvalue weighted by atomic mass is 10.0. The molecule has 0 aromatic heterocycles. The van der Waals surface area contributed by atoms with E-state index < -0.39 is 0 Å². The highest BCUT2D eigenvalue weighted by molar-refractivity contribution is 5.82. The number of rotatable bonds is 5. The molecule has 2 fully saturated rings. The molecule has 1 atom stereocenters. The fraction of sp³-hybridized carbons (Fsp3) is 0.895. The zero-order chi connectivity index (χ0) is 17.7. The van der Waals surface area contributed by atoms with E-state index in [1.54, 1.807) is 0 Å². The van der Waals surface area contributed by atoms with E-state index in [0.717, 1.165) is 38.5 Å². The van der Waals surface area contributed by atoms with Crippen molar-refractivity contribution in [3.63, 3.8) is 0 Å². The van der Waals surface area contributed by atoms with Crippen molar-refractivity contribution in [2.24, 2.45) is 5.92 Å². The summed E-state index contributed by atoms with van der Waals surface area (Å²) in [4.78, 5) is 28.8. The Morgan fingerprint density at radius 1 is 1.08 bits per heavy atom. The van der Waals surface area contributed by atoms with Crippen molar-refractivity contribution < 1.29 is 9.59 Å². The number of amides is 2. The van der Waals surface area contributed by atoms with Crippen LogP contribution in [0.3, 0.4) is 0 Å². The van der Waals surface area contributed by atoms with E-state index in [9.17, 15) is 9.59 Å². The quantitative estimate of drug-likeness (QED) is 0.838. The number of nitrogens with one attached hydrogen (secondary N) is 1. The van der Waals surface area contributed by atoms with Crippen LogP contribution in [0, 0.1) is 5.92 Å². The summed E-state index contributed by atoms with van der Waals surface area (Å²) in [6.45, 7) is 11.0. The van der Waals surface area contributed by atoms with E-state index in [4.69, 9.17) is 0 Å². The van der Waals surface area contributed by atoms with Gasteiger partial charge in [0.05, 0.1) is 6.04 Å². The molecular formula is C19H35N3O2. The van der Waals surface area contributed by atoms with E-state index in [1.165, 1.54) is 25.7 Å². The van der Waals surface area contributed by atoms with E-state index in [-0.39, 0.29) is 17.5 Å². The van der Waals surface area contributed by atoms with Crippen molar-refractivity contribution >= 4 is 11.8 Å². The molecule has 0 aromatic carbocycles. The van der Waals surface area contributed by atoms with Gasteiger partial charge in [-0.1, -0.05) is 25.7 Å². The van der Waals surface area contributed by atoms with Crippen LogP contribution in [-0.4, -0.2) is 59.4 Å². The van der Waals surface area contributed by atoms with Gasteiger partial charge in [-0.2, -0.15) is 0 Å². The molecule has 2 rings (SSSR count). The van der Waals surface area contributed by atoms with Gasteiger partial charge in [0.25, 0.3) is 0 Å². The number of piperazine rings is 1. The van der Waals surface area contributed by atoms with Gasteiger partial charge < -0.3 is 10.2 Å². The van der Waals surface area contributed by atoms with Gasteiger partial charge in [0, 0.05) is 38.1 Å². The molecule has 1 N–H and O–H groups in total. The van der Waals surface area contributed by atoms with Gasteiger partial charge in [-0.05, 0) is 40.0 Å². The van der Waals surface area contributed by atoms with Gasteiger partial charge in [0.1, 0.15) is 0 Å². The summed E-state index contributed by atoms with van der Waals surface area (Å²) >= 11 is 0. The van der Waals surface area contributed by atoms with E-state index in [0.29, 0.717) is 12.3 Å². The second-order valence-corrected chi connectivity index (χ2v) is 8.52. The Balaban J connectivity index is 1.71. The first-order chi connectivity index (χ1) is 11.3. The average molecular weight is 338 g/mol. The van der Waals surface area contributed by atoms with Crippen molar-refractivity contribution in [3.05, 3.63) is 0 Å². The number of hydrogen-bond donors (Lipinski definition) is 1. The predicted molar refractivity (Wildman–Crippen MR) is 96.7 cm³/mol. The van der Waals surface area contributed by atoms with E-state index >= 15 is 0 Å². The van der Waals surface area contributed by atoms with Crippen molar-refractivity contribution in [1.29, 1.82) is 0 Å². The predicted octanol–water partition coefficient (Wildman–Crippen LogP) is 2.40. The molecule has 1 aliphatic carbocycles. The number of nitrogens with zero attached hydrogens (tertiary/aromatic N) is 2. The number of hydrogen-bond acceptors (Lipinski definition) is 3. The molecule has 24 heavy (non-hydrogen) atoms. The lowest BCUT2D eigenvalue weighted by Gasteiger charge is -2.38. The Morgan fingerprint density at radius 2 is 1.67 bits per heavy atom. The van der Waals surface area contributed by atoms with Crippen LogP contribution in [0.25, 0.3) is 0 Å². The first-order valence-electron chi connectivity index (χ1n) is 9.60. The monoisotopic (exact) mass is 337 g/mol. The number of carbonyl (C=O) groups is 2. The third kappa shape index (κ3) is 5.76. The highest BCUT2D eigenvalue weighted by Gasteiger charge is 2.29. The Hall–Kier alpha value is -1.10. The van der Waals surface area contributed by atoms with Gasteiger partial charge in [-0.25, -0.2) is 0 Å². The van der Waals surface area contributed by atoms with E-state index in [1.807, 2.05) is 32.6 Å². The molecule has 5 nitrogen and oxygen atoms in total. The standard InChI is InChI=1S/C19H35N3O2/c1-15(18(24)20-19(2,3)4)21-11-13-22(14-12-21)17(23)10-9-16-7-5-6-8-16/h15-16H,5-14H2,1-4H3,(H,20,24). The Kier molecular flexibility index (Phi) is 6.67. The maximum absolute atomic E-state index is 12.4. The molecule has 138 valence electrons. The molecule has 5 heteroatoms. The second-order valence-electron chi connectivity index (χ2n) is 8.52. The SMILES string of the molecule is CC(C(=O)NC(C)(C)C)N1CCN(C(=O)CCC2CCCC2)CC1. The zero-order valence-corrected chi connectivity index (χ0v) is 15.9. The fourth-order valence-electron chi connectivity index (χ4n) is 3.78. The summed E-state index contributed by atoms with van der Waals surface area (Å²) in [6, 6.07) is -0.139. The average Bonchev–Trinajstić information content (AvgIpc) is 3.04. The van der Waals surface area contributed by atoms with Crippen LogP contribution in [0.4, 0.5) is 0 Å². The Morgan fingerprint density at radius 3 is 2.21 bits per heavy atom. The maximum Gasteiger partial charge on any atom is 0.237 e. The highest BCUT2D eigenvalue weighted by atomic mass is 16.2. The lowest BCUT2D eigenvalue weighted by molar-refractivity contribution is -0.134. The van der Waals surface area contributed by atoms with Gasteiger partial charge >= 0.3 is 0 Å². The smallest absolute Gasteiger partial charge is 0.237 e. The normalized spacial score (nSPS) is 21.8. The zero-order valence-electron chi connectivity index (χ0n) is 15.9. The molecule has 2 amide bonds. The fourth-order valence-corrected chi connectivity index (χ4v) is 3.78. The summed E-state index contributed by atoms with van der Waals surface area (Å²) < 4.78 is 0. The van der Waals surface area contributed by atoms with Crippen molar-refractivity contribution in [1.82, 2.24) is 15.1 Å². The molecule has 0 bridgehead atoms. The molecule has 0 spiro atoms. The molecule has 1 aliphatic heterocycles. The molecule has 2 aliphatic rings. The summed E-state index contributed by atoms with van der Waals surface area (Å²) in [7, 11) is 0. The molecule has 1 unspecified atom stereocenters. The summed E-state index contributed by atoms with van der Waals surface area (Å²) in [5.41, 5.74) is -0.205. The van der Waals surface area contributed by atoms with Crippen molar-refractivity contribution in [2.45, 2.75) is 77.8 Å². The minimum atomic E-state index is -0.205. The third-order valence-corrected chi connectivity index (χ3v) is 5.33. The Labute approximate surface area is 147 Å². The number of carbonyl (C=O) groups excluding carboxylic acids is 2. The van der Waals surface area contributed by atoms with Crippen molar-refractivity contribution in [2.75, 3.05) is 26.2 Å². The van der Waals surface area contributed by atoms with E-state index in [2.05, 4.69) is 10.2 Å². The van der Waals surface area contributed by atoms with Gasteiger partial charge in [0.15, 0.2) is 0 Å². The lowest BCUT2D eigenvalue weighted by Crippen LogP contribution is -2.56. The van der Waals surface area contributed by atoms with Gasteiger partial charge in [0.2, 0.25) is 11.8 Å². The third-order valence-electron chi connectivity index (χ3n) is 5.33. The molecule has 1 saturated heterocycles. The van der Waals surface area contributed by atoms with Crippen LogP contribution in [0.15, 0.2) is 0 Å². The van der Waals surface area contributed by atoms with Crippen LogP contribution in [0.2, 0.25) is 0 Å². The van der Waals surface area contributed by atoms with Crippen LogP contribution in [0.5, 0.6) is 0 Å². The van der Waals surface area contributed by atoms with Crippen molar-refractivity contribution in [3.8, 4) is 0 Å². The van der Waals surface area contributed by atoms with Gasteiger partial charge in [-0.15, -0.1) is 0 Å². The summed E-state index contributed by atoms with van der Waals surface area (Å²) in [5, 5.41) is 3.04. The molecule has 0 radical (unpaired) electrons. The molecular weight excluding hydrogens is 302 g/mol. The molecule has 1 heterocycles. The van der Waals surface area contributed by atoms with Crippen LogP contribution < -0.4 is 5.32 Å². The minimum Gasteiger partial charge on any atom is -0.350 e. The first-order valence-corrected chi connectivity index (χ1v) is 9.60. The van der Waals surface area contributed by atoms with Gasteiger partial charge in [-0.3, -0.25) is 14.5 Å². The minimum absolute atomic E-state index is 0.0727. The highest BCUT2D eigenvalue weighted by Crippen LogP contribution is 2.28. The first kappa shape index (κ1) is 19.2. The topological polar surface area (TPSA) is 52.7 Å². The van der Waals surface area contributed by atoms with Crippen LogP contribution >= 0.6 is 0 Å². The van der Waals surface area contributed by atoms with Crippen LogP contribution in [0.1, 0.15) is 66.2 Å². The molecule has 1 saturated carbocycles. The summed E-state index contributed by atoms with van der Waals surface area (Å²) in [6.07, 6.45) is 7.05.